The molecule has 0 spiro atoms. The van der Waals surface area contributed by atoms with Crippen molar-refractivity contribution in [2.75, 3.05) is 7.05 Å². The predicted molar refractivity (Wildman–Crippen MR) is 103 cm³/mol. The minimum Gasteiger partial charge on any atom is -0.352 e. The Morgan fingerprint density at radius 1 is 1.30 bits per heavy atom. The molecule has 122 valence electrons. The first kappa shape index (κ1) is 19.4. The van der Waals surface area contributed by atoms with Crippen molar-refractivity contribution in [3.63, 3.8) is 0 Å². The van der Waals surface area contributed by atoms with Crippen molar-refractivity contribution in [2.24, 2.45) is 4.99 Å². The molecule has 0 aliphatic heterocycles. The Morgan fingerprint density at radius 3 is 2.65 bits per heavy atom. The molecule has 23 heavy (non-hydrogen) atoms. The van der Waals surface area contributed by atoms with E-state index in [4.69, 9.17) is 5.26 Å². The van der Waals surface area contributed by atoms with Gasteiger partial charge in [-0.05, 0) is 42.1 Å². The highest BCUT2D eigenvalue weighted by molar-refractivity contribution is 14.0. The molecule has 2 aromatic rings. The molecule has 4 nitrogen and oxygen atoms in total. The Balaban J connectivity index is 0.00000264. The number of guanidine groups is 1. The smallest absolute Gasteiger partial charge is 0.191 e. The van der Waals surface area contributed by atoms with Crippen molar-refractivity contribution in [2.45, 2.75) is 20.0 Å². The number of benzene rings is 1. The summed E-state index contributed by atoms with van der Waals surface area (Å²) in [5, 5.41) is 17.2. The summed E-state index contributed by atoms with van der Waals surface area (Å²) < 4.78 is 13.7. The Labute approximate surface area is 156 Å². The van der Waals surface area contributed by atoms with E-state index in [-0.39, 0.29) is 36.3 Å². The van der Waals surface area contributed by atoms with Crippen LogP contribution in [0.15, 0.2) is 34.6 Å². The monoisotopic (exact) mass is 444 g/mol. The molecule has 0 saturated heterocycles. The predicted octanol–water partition coefficient (Wildman–Crippen LogP) is 3.55. The summed E-state index contributed by atoms with van der Waals surface area (Å²) in [7, 11) is 1.67. The molecule has 1 aromatic heterocycles. The van der Waals surface area contributed by atoms with Crippen LogP contribution in [0.3, 0.4) is 0 Å². The number of aryl methyl sites for hydroxylation is 1. The third kappa shape index (κ3) is 5.48. The third-order valence-electron chi connectivity index (χ3n) is 3.23. The molecule has 0 radical (unpaired) electrons. The van der Waals surface area contributed by atoms with E-state index >= 15 is 0 Å². The zero-order valence-corrected chi connectivity index (χ0v) is 16.0. The van der Waals surface area contributed by atoms with Gasteiger partial charge in [0.05, 0.1) is 18.2 Å². The van der Waals surface area contributed by atoms with Crippen LogP contribution in [-0.4, -0.2) is 13.0 Å². The number of nitrogens with one attached hydrogen (secondary N) is 2. The molecule has 0 unspecified atom stereocenters. The molecule has 2 N–H and O–H groups in total. The van der Waals surface area contributed by atoms with E-state index in [1.165, 1.54) is 22.6 Å². The fraction of sp³-hybridized carbons (Fsp3) is 0.250. The van der Waals surface area contributed by atoms with Gasteiger partial charge in [-0.3, -0.25) is 4.99 Å². The van der Waals surface area contributed by atoms with Gasteiger partial charge in [0.1, 0.15) is 5.82 Å². The van der Waals surface area contributed by atoms with Crippen molar-refractivity contribution < 1.29 is 4.39 Å². The van der Waals surface area contributed by atoms with Crippen LogP contribution in [0, 0.1) is 24.1 Å². The summed E-state index contributed by atoms with van der Waals surface area (Å²) in [6.07, 6.45) is 0. The van der Waals surface area contributed by atoms with Crippen LogP contribution >= 0.6 is 35.3 Å². The second-order valence-corrected chi connectivity index (χ2v) is 5.72. The number of rotatable bonds is 4. The lowest BCUT2D eigenvalue weighted by atomic mass is 10.1. The molecule has 2 rings (SSSR count). The second-order valence-electron chi connectivity index (χ2n) is 4.72. The third-order valence-corrected chi connectivity index (χ3v) is 4.25. The average molecular weight is 444 g/mol. The van der Waals surface area contributed by atoms with Crippen molar-refractivity contribution in [1.82, 2.24) is 10.6 Å². The summed E-state index contributed by atoms with van der Waals surface area (Å²) >= 11 is 1.68. The Bertz CT molecular complexity index is 721. The van der Waals surface area contributed by atoms with Gasteiger partial charge in [0.25, 0.3) is 0 Å². The van der Waals surface area contributed by atoms with E-state index in [0.717, 1.165) is 0 Å². The van der Waals surface area contributed by atoms with Gasteiger partial charge in [-0.15, -0.1) is 35.3 Å². The Hall–Kier alpha value is -1.66. The minimum atomic E-state index is -0.337. The van der Waals surface area contributed by atoms with Crippen LogP contribution in [0.4, 0.5) is 4.39 Å². The molecule has 0 aliphatic rings. The van der Waals surface area contributed by atoms with Gasteiger partial charge in [-0.1, -0.05) is 0 Å². The van der Waals surface area contributed by atoms with E-state index in [2.05, 4.69) is 28.6 Å². The van der Waals surface area contributed by atoms with Crippen LogP contribution in [0.1, 0.15) is 21.6 Å². The first-order valence-electron chi connectivity index (χ1n) is 6.80. The van der Waals surface area contributed by atoms with Crippen molar-refractivity contribution >= 4 is 41.3 Å². The quantitative estimate of drug-likeness (QED) is 0.431. The van der Waals surface area contributed by atoms with Crippen LogP contribution in [0.5, 0.6) is 0 Å². The number of hydrogen-bond donors (Lipinski definition) is 2. The Morgan fingerprint density at radius 2 is 2.04 bits per heavy atom. The van der Waals surface area contributed by atoms with Gasteiger partial charge in [-0.25, -0.2) is 4.39 Å². The maximum atomic E-state index is 13.7. The van der Waals surface area contributed by atoms with E-state index in [1.807, 2.05) is 11.4 Å². The fourth-order valence-electron chi connectivity index (χ4n) is 1.93. The topological polar surface area (TPSA) is 60.2 Å². The number of nitriles is 1. The van der Waals surface area contributed by atoms with E-state index in [0.29, 0.717) is 23.6 Å². The van der Waals surface area contributed by atoms with E-state index in [1.54, 1.807) is 24.5 Å². The van der Waals surface area contributed by atoms with Crippen LogP contribution in [0.25, 0.3) is 0 Å². The maximum Gasteiger partial charge on any atom is 0.191 e. The summed E-state index contributed by atoms with van der Waals surface area (Å²) in [6.45, 7) is 3.00. The fourth-order valence-corrected chi connectivity index (χ4v) is 2.77. The molecule has 0 amide bonds. The van der Waals surface area contributed by atoms with E-state index < -0.39 is 0 Å². The molecule has 1 heterocycles. The minimum absolute atomic E-state index is 0. The SMILES string of the molecule is CN=C(NCc1cc(C#N)ccc1F)NCc1sccc1C.I. The zero-order valence-electron chi connectivity index (χ0n) is 12.9. The highest BCUT2D eigenvalue weighted by Crippen LogP contribution is 2.14. The number of aliphatic imine (C=N–C) groups is 1. The molecular weight excluding hydrogens is 426 g/mol. The summed E-state index contributed by atoms with van der Waals surface area (Å²) in [6, 6.07) is 8.39. The van der Waals surface area contributed by atoms with Gasteiger partial charge < -0.3 is 10.6 Å². The van der Waals surface area contributed by atoms with E-state index in [9.17, 15) is 4.39 Å². The lowest BCUT2D eigenvalue weighted by Gasteiger charge is -2.12. The number of hydrogen-bond acceptors (Lipinski definition) is 3. The maximum absolute atomic E-state index is 13.7. The first-order chi connectivity index (χ1) is 10.6. The summed E-state index contributed by atoms with van der Waals surface area (Å²) in [5.41, 5.74) is 2.12. The van der Waals surface area contributed by atoms with Crippen LogP contribution in [-0.2, 0) is 13.1 Å². The summed E-state index contributed by atoms with van der Waals surface area (Å²) in [4.78, 5) is 5.35. The van der Waals surface area contributed by atoms with Gasteiger partial charge in [0.15, 0.2) is 5.96 Å². The van der Waals surface area contributed by atoms with Crippen LogP contribution in [0.2, 0.25) is 0 Å². The van der Waals surface area contributed by atoms with Gasteiger partial charge in [0, 0.05) is 24.0 Å². The lowest BCUT2D eigenvalue weighted by Crippen LogP contribution is -2.36. The van der Waals surface area contributed by atoms with Crippen molar-refractivity contribution in [3.8, 4) is 6.07 Å². The average Bonchev–Trinajstić information content (AvgIpc) is 2.94. The van der Waals surface area contributed by atoms with Crippen molar-refractivity contribution in [1.29, 1.82) is 5.26 Å². The molecule has 0 fully saturated rings. The largest absolute Gasteiger partial charge is 0.352 e. The molecule has 7 heteroatoms. The van der Waals surface area contributed by atoms with Gasteiger partial charge in [-0.2, -0.15) is 5.26 Å². The first-order valence-corrected chi connectivity index (χ1v) is 7.68. The zero-order chi connectivity index (χ0) is 15.9. The molecular formula is C16H18FIN4S. The lowest BCUT2D eigenvalue weighted by molar-refractivity contribution is 0.604. The Kier molecular flexibility index (Phi) is 7.98. The molecule has 0 atom stereocenters. The van der Waals surface area contributed by atoms with Crippen molar-refractivity contribution in [3.05, 3.63) is 57.0 Å². The molecule has 0 aliphatic carbocycles. The van der Waals surface area contributed by atoms with Gasteiger partial charge >= 0.3 is 0 Å². The van der Waals surface area contributed by atoms with Crippen LogP contribution < -0.4 is 10.6 Å². The molecule has 0 saturated carbocycles. The summed E-state index contributed by atoms with van der Waals surface area (Å²) in [5.74, 6) is 0.255. The normalized spacial score (nSPS) is 10.6. The molecule has 1 aromatic carbocycles. The number of nitrogens with zero attached hydrogens (tertiary/aromatic N) is 2. The molecule has 0 bridgehead atoms. The number of thiophene rings is 1. The van der Waals surface area contributed by atoms with Gasteiger partial charge in [0.2, 0.25) is 0 Å². The highest BCUT2D eigenvalue weighted by Gasteiger charge is 2.06. The standard InChI is InChI=1S/C16H17FN4S.HI/c1-11-5-6-22-15(11)10-21-16(19-2)20-9-13-7-12(8-18)3-4-14(13)17;/h3-7H,9-10H2,1-2H3,(H2,19,20,21);1H. The second kappa shape index (κ2) is 9.47. The number of halogens is 2. The highest BCUT2D eigenvalue weighted by atomic mass is 127.